The van der Waals surface area contributed by atoms with Crippen molar-refractivity contribution in [3.63, 3.8) is 0 Å². The van der Waals surface area contributed by atoms with E-state index in [0.29, 0.717) is 6.54 Å². The molecule has 0 aliphatic carbocycles. The van der Waals surface area contributed by atoms with Crippen LogP contribution < -0.4 is 14.4 Å². The van der Waals surface area contributed by atoms with Crippen LogP contribution in [0, 0.1) is 0 Å². The van der Waals surface area contributed by atoms with Crippen LogP contribution in [0.25, 0.3) is 0 Å². The van der Waals surface area contributed by atoms with Crippen LogP contribution in [-0.2, 0) is 10.0 Å². The van der Waals surface area contributed by atoms with Gasteiger partial charge >= 0.3 is 0 Å². The van der Waals surface area contributed by atoms with Crippen LogP contribution >= 0.6 is 0 Å². The molecule has 0 spiro atoms. The first kappa shape index (κ1) is 17.3. The second kappa shape index (κ2) is 7.99. The van der Waals surface area contributed by atoms with Crippen LogP contribution in [0.3, 0.4) is 0 Å². The topological polar surface area (TPSA) is 58.6 Å². The van der Waals surface area contributed by atoms with Crippen LogP contribution in [0.4, 0.5) is 5.69 Å². The standard InChI is InChI=1S/C17H22N2O3S/c1-19(14-6-13-18-23(2,20)21)15-9-11-17(12-10-15)22-16-7-4-3-5-8-16/h3-5,7-12,18H,6,13-14H2,1-2H3. The maximum absolute atomic E-state index is 11.0. The summed E-state index contributed by atoms with van der Waals surface area (Å²) < 4.78 is 30.2. The third-order valence-corrected chi connectivity index (χ3v) is 4.02. The lowest BCUT2D eigenvalue weighted by atomic mass is 10.2. The van der Waals surface area contributed by atoms with Crippen molar-refractivity contribution in [2.75, 3.05) is 31.3 Å². The molecule has 0 heterocycles. The minimum atomic E-state index is -3.11. The van der Waals surface area contributed by atoms with E-state index in [9.17, 15) is 8.42 Å². The summed E-state index contributed by atoms with van der Waals surface area (Å²) in [6.07, 6.45) is 1.91. The second-order valence-electron chi connectivity index (χ2n) is 5.35. The molecule has 0 aromatic heterocycles. The zero-order valence-corrected chi connectivity index (χ0v) is 14.2. The van der Waals surface area contributed by atoms with E-state index in [0.717, 1.165) is 30.2 Å². The van der Waals surface area contributed by atoms with Gasteiger partial charge in [0, 0.05) is 25.8 Å². The van der Waals surface area contributed by atoms with Gasteiger partial charge in [-0.2, -0.15) is 0 Å². The molecule has 6 heteroatoms. The van der Waals surface area contributed by atoms with Crippen molar-refractivity contribution < 1.29 is 13.2 Å². The molecule has 0 atom stereocenters. The molecular formula is C17H22N2O3S. The van der Waals surface area contributed by atoms with E-state index in [1.54, 1.807) is 0 Å². The van der Waals surface area contributed by atoms with Gasteiger partial charge < -0.3 is 9.64 Å². The van der Waals surface area contributed by atoms with E-state index in [1.165, 1.54) is 6.26 Å². The Labute approximate surface area is 137 Å². The Morgan fingerprint density at radius 2 is 1.61 bits per heavy atom. The van der Waals surface area contributed by atoms with Crippen LogP contribution in [0.5, 0.6) is 11.5 Å². The van der Waals surface area contributed by atoms with Gasteiger partial charge in [0.15, 0.2) is 0 Å². The fraction of sp³-hybridized carbons (Fsp3) is 0.294. The average molecular weight is 334 g/mol. The summed E-state index contributed by atoms with van der Waals surface area (Å²) >= 11 is 0. The molecular weight excluding hydrogens is 312 g/mol. The first-order valence-electron chi connectivity index (χ1n) is 7.43. The summed E-state index contributed by atoms with van der Waals surface area (Å²) in [7, 11) is -1.13. The summed E-state index contributed by atoms with van der Waals surface area (Å²) in [5.74, 6) is 1.59. The monoisotopic (exact) mass is 334 g/mol. The minimum Gasteiger partial charge on any atom is -0.457 e. The lowest BCUT2D eigenvalue weighted by molar-refractivity contribution is 0.482. The number of anilines is 1. The Hall–Kier alpha value is -2.05. The Morgan fingerprint density at radius 3 is 2.22 bits per heavy atom. The molecule has 0 amide bonds. The summed E-state index contributed by atoms with van der Waals surface area (Å²) in [5.41, 5.74) is 1.06. The highest BCUT2D eigenvalue weighted by Gasteiger charge is 2.04. The molecule has 2 rings (SSSR count). The number of hydrogen-bond donors (Lipinski definition) is 1. The third-order valence-electron chi connectivity index (χ3n) is 3.29. The van der Waals surface area contributed by atoms with Gasteiger partial charge in [0.25, 0.3) is 0 Å². The highest BCUT2D eigenvalue weighted by Crippen LogP contribution is 2.23. The predicted octanol–water partition coefficient (Wildman–Crippen LogP) is 2.85. The molecule has 0 radical (unpaired) electrons. The van der Waals surface area contributed by atoms with E-state index in [1.807, 2.05) is 61.6 Å². The van der Waals surface area contributed by atoms with Crippen molar-refractivity contribution in [1.82, 2.24) is 4.72 Å². The van der Waals surface area contributed by atoms with Gasteiger partial charge in [-0.1, -0.05) is 18.2 Å². The first-order valence-corrected chi connectivity index (χ1v) is 9.32. The van der Waals surface area contributed by atoms with Crippen molar-refractivity contribution in [2.24, 2.45) is 0 Å². The molecule has 0 saturated heterocycles. The van der Waals surface area contributed by atoms with Gasteiger partial charge in [0.2, 0.25) is 10.0 Å². The average Bonchev–Trinajstić information content (AvgIpc) is 2.52. The van der Waals surface area contributed by atoms with E-state index in [2.05, 4.69) is 9.62 Å². The number of nitrogens with one attached hydrogen (secondary N) is 1. The zero-order valence-electron chi connectivity index (χ0n) is 13.4. The maximum atomic E-state index is 11.0. The highest BCUT2D eigenvalue weighted by molar-refractivity contribution is 7.88. The van der Waals surface area contributed by atoms with Gasteiger partial charge in [-0.05, 0) is 42.8 Å². The van der Waals surface area contributed by atoms with E-state index < -0.39 is 10.0 Å². The van der Waals surface area contributed by atoms with Gasteiger partial charge in [0.05, 0.1) is 6.26 Å². The fourth-order valence-electron chi connectivity index (χ4n) is 2.10. The smallest absolute Gasteiger partial charge is 0.208 e. The lowest BCUT2D eigenvalue weighted by Gasteiger charge is -2.19. The van der Waals surface area contributed by atoms with E-state index in [4.69, 9.17) is 4.74 Å². The fourth-order valence-corrected chi connectivity index (χ4v) is 2.61. The van der Waals surface area contributed by atoms with Crippen molar-refractivity contribution in [3.05, 3.63) is 54.6 Å². The third kappa shape index (κ3) is 6.30. The summed E-state index contributed by atoms with van der Waals surface area (Å²) in [6.45, 7) is 1.21. The summed E-state index contributed by atoms with van der Waals surface area (Å²) in [4.78, 5) is 2.08. The van der Waals surface area contributed by atoms with Crippen LogP contribution in [0.1, 0.15) is 6.42 Å². The van der Waals surface area contributed by atoms with Crippen LogP contribution in [-0.4, -0.2) is 34.8 Å². The van der Waals surface area contributed by atoms with Crippen molar-refractivity contribution in [3.8, 4) is 11.5 Å². The number of benzene rings is 2. The molecule has 0 aliphatic heterocycles. The Kier molecular flexibility index (Phi) is 6.01. The molecule has 0 unspecified atom stereocenters. The van der Waals surface area contributed by atoms with Gasteiger partial charge in [-0.15, -0.1) is 0 Å². The molecule has 0 aliphatic rings. The molecule has 0 bridgehead atoms. The number of ether oxygens (including phenoxy) is 1. The largest absolute Gasteiger partial charge is 0.457 e. The zero-order chi connectivity index (χ0) is 16.7. The molecule has 23 heavy (non-hydrogen) atoms. The molecule has 124 valence electrons. The van der Waals surface area contributed by atoms with Crippen molar-refractivity contribution in [1.29, 1.82) is 0 Å². The molecule has 2 aromatic rings. The number of nitrogens with zero attached hydrogens (tertiary/aromatic N) is 1. The molecule has 0 fully saturated rings. The Bertz CT molecular complexity index is 700. The van der Waals surface area contributed by atoms with Crippen molar-refractivity contribution in [2.45, 2.75) is 6.42 Å². The number of hydrogen-bond acceptors (Lipinski definition) is 4. The first-order chi connectivity index (χ1) is 10.9. The van der Waals surface area contributed by atoms with Crippen LogP contribution in [0.15, 0.2) is 54.6 Å². The number of para-hydroxylation sites is 1. The predicted molar refractivity (Wildman–Crippen MR) is 93.7 cm³/mol. The molecule has 1 N–H and O–H groups in total. The lowest BCUT2D eigenvalue weighted by Crippen LogP contribution is -2.27. The van der Waals surface area contributed by atoms with Crippen molar-refractivity contribution >= 4 is 15.7 Å². The van der Waals surface area contributed by atoms with Gasteiger partial charge in [-0.25, -0.2) is 13.1 Å². The number of rotatable bonds is 8. The molecule has 0 saturated carbocycles. The summed E-state index contributed by atoms with van der Waals surface area (Å²) in [5, 5.41) is 0. The highest BCUT2D eigenvalue weighted by atomic mass is 32.2. The van der Waals surface area contributed by atoms with E-state index >= 15 is 0 Å². The van der Waals surface area contributed by atoms with Crippen LogP contribution in [0.2, 0.25) is 0 Å². The Morgan fingerprint density at radius 1 is 1.00 bits per heavy atom. The van der Waals surface area contributed by atoms with Gasteiger partial charge in [0.1, 0.15) is 11.5 Å². The quantitative estimate of drug-likeness (QED) is 0.754. The number of sulfonamides is 1. The van der Waals surface area contributed by atoms with E-state index in [-0.39, 0.29) is 0 Å². The molecule has 2 aromatic carbocycles. The Balaban J connectivity index is 1.84. The second-order valence-corrected chi connectivity index (χ2v) is 7.18. The minimum absolute atomic E-state index is 0.443. The summed E-state index contributed by atoms with van der Waals surface area (Å²) in [6, 6.07) is 17.5. The molecule has 5 nitrogen and oxygen atoms in total. The SMILES string of the molecule is CN(CCCNS(C)(=O)=O)c1ccc(Oc2ccccc2)cc1. The normalized spacial score (nSPS) is 11.2. The van der Waals surface area contributed by atoms with Gasteiger partial charge in [-0.3, -0.25) is 0 Å². The maximum Gasteiger partial charge on any atom is 0.208 e.